The van der Waals surface area contributed by atoms with Crippen LogP contribution in [0.5, 0.6) is 0 Å². The van der Waals surface area contributed by atoms with E-state index in [4.69, 9.17) is 0 Å². The average Bonchev–Trinajstić information content (AvgIpc) is 2.78. The topological polar surface area (TPSA) is 78.2 Å². The number of ketones is 2. The molecule has 0 aromatic heterocycles. The lowest BCUT2D eigenvalue weighted by Gasteiger charge is -2.67. The van der Waals surface area contributed by atoms with Crippen LogP contribution >= 0.6 is 0 Å². The molecule has 4 heteroatoms. The Bertz CT molecular complexity index is 1020. The van der Waals surface area contributed by atoms with Crippen LogP contribution < -0.4 is 0 Å². The summed E-state index contributed by atoms with van der Waals surface area (Å²) in [5.41, 5.74) is -0.457. The van der Waals surface area contributed by atoms with E-state index in [1.165, 1.54) is 6.42 Å². The Balaban J connectivity index is 1.81. The number of fused-ring (bicyclic) bond motifs is 2. The normalized spacial score (nSPS) is 45.6. The molecule has 4 nitrogen and oxygen atoms in total. The Morgan fingerprint density at radius 1 is 1.03 bits per heavy atom. The summed E-state index contributed by atoms with van der Waals surface area (Å²) in [5.74, 6) is 0.820. The number of nitrogens with zero attached hydrogens (tertiary/aromatic N) is 1. The highest BCUT2D eigenvalue weighted by Crippen LogP contribution is 2.71. The first-order valence-corrected chi connectivity index (χ1v) is 14.3. The van der Waals surface area contributed by atoms with Crippen LogP contribution in [0.25, 0.3) is 0 Å². The van der Waals surface area contributed by atoms with Gasteiger partial charge in [-0.05, 0) is 103 Å². The molecule has 0 heterocycles. The third-order valence-corrected chi connectivity index (χ3v) is 12.5. The molecule has 0 radical (unpaired) electrons. The van der Waals surface area contributed by atoms with Crippen molar-refractivity contribution in [3.8, 4) is 6.07 Å². The van der Waals surface area contributed by atoms with Crippen LogP contribution in [0, 0.1) is 61.6 Å². The number of carbonyl (C=O) groups is 2. The second-order valence-corrected chi connectivity index (χ2v) is 15.4. The molecule has 200 valence electrons. The van der Waals surface area contributed by atoms with Crippen molar-refractivity contribution in [1.82, 2.24) is 0 Å². The molecule has 4 aliphatic carbocycles. The lowest BCUT2D eigenvalue weighted by molar-refractivity contribution is -0.181. The zero-order valence-corrected chi connectivity index (χ0v) is 24.1. The van der Waals surface area contributed by atoms with Crippen molar-refractivity contribution in [1.29, 1.82) is 5.26 Å². The van der Waals surface area contributed by atoms with E-state index in [0.29, 0.717) is 17.8 Å². The van der Waals surface area contributed by atoms with Gasteiger partial charge in [-0.2, -0.15) is 5.26 Å². The Labute approximate surface area is 219 Å². The number of hydrogen-bond acceptors (Lipinski definition) is 4. The van der Waals surface area contributed by atoms with Gasteiger partial charge in [0, 0.05) is 18.4 Å². The van der Waals surface area contributed by atoms with Crippen LogP contribution in [0.3, 0.4) is 0 Å². The summed E-state index contributed by atoms with van der Waals surface area (Å²) in [6.07, 6.45) is 11.0. The van der Waals surface area contributed by atoms with Crippen molar-refractivity contribution in [3.63, 3.8) is 0 Å². The molecule has 7 atom stereocenters. The fourth-order valence-electron chi connectivity index (χ4n) is 9.99. The molecule has 4 aliphatic rings. The minimum absolute atomic E-state index is 0.0318. The van der Waals surface area contributed by atoms with Crippen LogP contribution in [0.15, 0.2) is 11.6 Å². The van der Waals surface area contributed by atoms with E-state index in [0.717, 1.165) is 44.9 Å². The molecule has 0 aromatic rings. The molecule has 1 unspecified atom stereocenters. The minimum Gasteiger partial charge on any atom is -0.396 e. The number of nitriles is 1. The number of aliphatic hydroxyl groups is 1. The molecule has 0 spiro atoms. The first kappa shape index (κ1) is 27.6. The van der Waals surface area contributed by atoms with Crippen LogP contribution in [0.2, 0.25) is 0 Å². The zero-order chi connectivity index (χ0) is 26.9. The first-order valence-electron chi connectivity index (χ1n) is 14.3. The molecule has 0 amide bonds. The molecule has 4 rings (SSSR count). The number of rotatable bonds is 4. The van der Waals surface area contributed by atoms with Crippen LogP contribution in [-0.2, 0) is 9.59 Å². The smallest absolute Gasteiger partial charge is 0.178 e. The van der Waals surface area contributed by atoms with Crippen LogP contribution in [0.4, 0.5) is 0 Å². The molecule has 0 aromatic carbocycles. The Hall–Kier alpha value is -1.47. The molecule has 3 saturated carbocycles. The summed E-state index contributed by atoms with van der Waals surface area (Å²) in [6, 6.07) is 2.22. The lowest BCUT2D eigenvalue weighted by atomic mass is 9.36. The van der Waals surface area contributed by atoms with Gasteiger partial charge >= 0.3 is 0 Å². The fourth-order valence-corrected chi connectivity index (χ4v) is 9.99. The summed E-state index contributed by atoms with van der Waals surface area (Å²) >= 11 is 0. The monoisotopic (exact) mass is 495 g/mol. The quantitative estimate of drug-likeness (QED) is 0.453. The molecular formula is C32H49NO3. The predicted octanol–water partition coefficient (Wildman–Crippen LogP) is 7.06. The molecule has 0 aliphatic heterocycles. The number of hydrogen-bond donors (Lipinski definition) is 1. The van der Waals surface area contributed by atoms with Gasteiger partial charge in [0.15, 0.2) is 5.78 Å². The van der Waals surface area contributed by atoms with Gasteiger partial charge in [0.05, 0.1) is 5.57 Å². The van der Waals surface area contributed by atoms with E-state index >= 15 is 0 Å². The van der Waals surface area contributed by atoms with Gasteiger partial charge in [0.1, 0.15) is 11.9 Å². The van der Waals surface area contributed by atoms with Gasteiger partial charge in [0.2, 0.25) is 0 Å². The molecule has 0 bridgehead atoms. The molecule has 36 heavy (non-hydrogen) atoms. The summed E-state index contributed by atoms with van der Waals surface area (Å²) in [5, 5.41) is 20.5. The zero-order valence-electron chi connectivity index (χ0n) is 24.1. The third kappa shape index (κ3) is 3.86. The van der Waals surface area contributed by atoms with Gasteiger partial charge in [-0.3, -0.25) is 4.79 Å². The number of allylic oxidation sites excluding steroid dienone is 2. The van der Waals surface area contributed by atoms with E-state index in [2.05, 4.69) is 40.7 Å². The van der Waals surface area contributed by atoms with Gasteiger partial charge in [-0.1, -0.05) is 54.5 Å². The Morgan fingerprint density at radius 2 is 1.67 bits per heavy atom. The molecule has 0 saturated heterocycles. The van der Waals surface area contributed by atoms with E-state index in [1.807, 2.05) is 19.9 Å². The number of aliphatic hydroxyl groups excluding tert-OH is 1. The van der Waals surface area contributed by atoms with Crippen LogP contribution in [0.1, 0.15) is 113 Å². The SMILES string of the molecule is CC(=O)C[C@@H]1[C@@]2(C)C=C(C#N)C(=O)C(C)(C)[C@@H]2CC[C@@]1(C)[C@]1(C)CC[C@@]2(CO)CCC(C)(C)CC2C1. The summed E-state index contributed by atoms with van der Waals surface area (Å²) in [7, 11) is 0. The Kier molecular flexibility index (Phi) is 6.52. The standard InChI is InChI=1S/C32H49NO3/c1-21(35)15-25-30(7)16-22(19-33)26(36)28(4,5)24(30)9-10-31(25,8)29(6)12-14-32(20-34)13-11-27(2,3)17-23(32)18-29/h16,23-25,34H,9-15,17-18,20H2,1-8H3/t23?,24-,25+,29+,30-,31+,32+/m0/s1. The molecule has 1 N–H and O–H groups in total. The minimum atomic E-state index is -0.613. The van der Waals surface area contributed by atoms with E-state index in [1.54, 1.807) is 6.92 Å². The molecule has 3 fully saturated rings. The van der Waals surface area contributed by atoms with Crippen molar-refractivity contribution in [2.75, 3.05) is 6.61 Å². The third-order valence-electron chi connectivity index (χ3n) is 12.5. The van der Waals surface area contributed by atoms with Crippen molar-refractivity contribution in [3.05, 3.63) is 11.6 Å². The van der Waals surface area contributed by atoms with Crippen LogP contribution in [-0.4, -0.2) is 23.3 Å². The number of Topliss-reactive ketones (excluding diaryl/α,β-unsaturated/α-hetero) is 2. The second kappa shape index (κ2) is 8.52. The maximum absolute atomic E-state index is 13.2. The maximum atomic E-state index is 13.2. The van der Waals surface area contributed by atoms with Crippen molar-refractivity contribution in [2.24, 2.45) is 50.2 Å². The highest BCUT2D eigenvalue weighted by Gasteiger charge is 2.66. The van der Waals surface area contributed by atoms with Crippen molar-refractivity contribution < 1.29 is 14.7 Å². The predicted molar refractivity (Wildman–Crippen MR) is 143 cm³/mol. The van der Waals surface area contributed by atoms with E-state index < -0.39 is 5.41 Å². The summed E-state index contributed by atoms with van der Waals surface area (Å²) < 4.78 is 0. The lowest BCUT2D eigenvalue weighted by Crippen LogP contribution is -2.62. The first-order chi connectivity index (χ1) is 16.5. The van der Waals surface area contributed by atoms with Gasteiger partial charge in [-0.25, -0.2) is 0 Å². The van der Waals surface area contributed by atoms with Gasteiger partial charge < -0.3 is 9.90 Å². The number of carbonyl (C=O) groups excluding carboxylic acids is 2. The summed E-state index contributed by atoms with van der Waals surface area (Å²) in [4.78, 5) is 26.0. The van der Waals surface area contributed by atoms with Gasteiger partial charge in [0.25, 0.3) is 0 Å². The van der Waals surface area contributed by atoms with E-state index in [-0.39, 0.29) is 57.2 Å². The maximum Gasteiger partial charge on any atom is 0.178 e. The van der Waals surface area contributed by atoms with E-state index in [9.17, 15) is 20.0 Å². The van der Waals surface area contributed by atoms with Gasteiger partial charge in [-0.15, -0.1) is 0 Å². The highest BCUT2D eigenvalue weighted by molar-refractivity contribution is 6.04. The largest absolute Gasteiger partial charge is 0.396 e. The second-order valence-electron chi connectivity index (χ2n) is 15.4. The van der Waals surface area contributed by atoms with Crippen molar-refractivity contribution >= 4 is 11.6 Å². The molecular weight excluding hydrogens is 446 g/mol. The average molecular weight is 496 g/mol. The van der Waals surface area contributed by atoms with Crippen molar-refractivity contribution in [2.45, 2.75) is 113 Å². The Morgan fingerprint density at radius 3 is 2.25 bits per heavy atom. The fraction of sp³-hybridized carbons (Fsp3) is 0.844. The highest BCUT2D eigenvalue weighted by atomic mass is 16.3. The summed E-state index contributed by atoms with van der Waals surface area (Å²) in [6.45, 7) is 17.9.